The van der Waals surface area contributed by atoms with Crippen molar-refractivity contribution in [3.8, 4) is 11.5 Å². The number of sulfonamides is 1. The lowest BCUT2D eigenvalue weighted by Gasteiger charge is -2.32. The van der Waals surface area contributed by atoms with Gasteiger partial charge in [-0.25, -0.2) is 8.42 Å². The van der Waals surface area contributed by atoms with Crippen LogP contribution in [0.25, 0.3) is 5.57 Å². The number of nitrogens with one attached hydrogen (secondary N) is 1. The van der Waals surface area contributed by atoms with Gasteiger partial charge < -0.3 is 14.8 Å². The van der Waals surface area contributed by atoms with Crippen LogP contribution in [0.1, 0.15) is 26.3 Å². The highest BCUT2D eigenvalue weighted by molar-refractivity contribution is 7.97. The molecule has 1 aromatic carbocycles. The number of nitrogens with zero attached hydrogens (tertiary/aromatic N) is 1. The Morgan fingerprint density at radius 3 is 2.37 bits per heavy atom. The molecule has 0 aliphatic carbocycles. The highest BCUT2D eigenvalue weighted by Gasteiger charge is 2.39. The molecule has 1 aromatic rings. The quantitative estimate of drug-likeness (QED) is 0.719. The molecule has 0 bridgehead atoms. The number of allylic oxidation sites excluding steroid dienone is 1. The Balaban J connectivity index is 2.73. The van der Waals surface area contributed by atoms with E-state index in [1.807, 2.05) is 13.8 Å². The molecule has 1 aliphatic heterocycles. The van der Waals surface area contributed by atoms with Gasteiger partial charge in [0.1, 0.15) is 0 Å². The molecule has 0 radical (unpaired) electrons. The summed E-state index contributed by atoms with van der Waals surface area (Å²) in [5.41, 5.74) is 1.39. The van der Waals surface area contributed by atoms with Gasteiger partial charge in [0.2, 0.25) is 0 Å². The van der Waals surface area contributed by atoms with Gasteiger partial charge in [0.05, 0.1) is 26.5 Å². The van der Waals surface area contributed by atoms with Crippen LogP contribution in [-0.2, 0) is 14.8 Å². The molecule has 148 valence electrons. The number of hydrogen-bond acceptors (Lipinski definition) is 5. The average molecular weight is 394 g/mol. The highest BCUT2D eigenvalue weighted by atomic mass is 32.2. The summed E-state index contributed by atoms with van der Waals surface area (Å²) >= 11 is 0. The van der Waals surface area contributed by atoms with Crippen LogP contribution in [0.5, 0.6) is 11.5 Å². The topological polar surface area (TPSA) is 84.9 Å². The van der Waals surface area contributed by atoms with Crippen molar-refractivity contribution in [1.82, 2.24) is 5.32 Å². The van der Waals surface area contributed by atoms with Gasteiger partial charge in [-0.2, -0.15) is 0 Å². The number of fused-ring (bicyclic) bond motifs is 1. The molecule has 0 saturated heterocycles. The Hall–Kier alpha value is -2.48. The molecule has 1 amide bonds. The number of amides is 1. The lowest BCUT2D eigenvalue weighted by Crippen LogP contribution is -2.41. The molecule has 1 aliphatic rings. The van der Waals surface area contributed by atoms with Crippen LogP contribution in [0.15, 0.2) is 29.7 Å². The van der Waals surface area contributed by atoms with Gasteiger partial charge in [-0.3, -0.25) is 9.10 Å². The molecule has 8 heteroatoms. The van der Waals surface area contributed by atoms with E-state index in [2.05, 4.69) is 11.9 Å². The first-order valence-electron chi connectivity index (χ1n) is 8.58. The molecule has 2 rings (SSSR count). The van der Waals surface area contributed by atoms with Crippen LogP contribution in [0.2, 0.25) is 0 Å². The Labute approximate surface area is 160 Å². The van der Waals surface area contributed by atoms with Crippen molar-refractivity contribution in [1.29, 1.82) is 0 Å². The molecule has 0 saturated carbocycles. The van der Waals surface area contributed by atoms with E-state index >= 15 is 0 Å². The summed E-state index contributed by atoms with van der Waals surface area (Å²) in [5, 5.41) is 2.70. The second-order valence-electron chi connectivity index (χ2n) is 6.61. The first-order valence-corrected chi connectivity index (χ1v) is 10.0. The van der Waals surface area contributed by atoms with E-state index in [0.29, 0.717) is 34.9 Å². The molecule has 0 aromatic heterocycles. The lowest BCUT2D eigenvalue weighted by molar-refractivity contribution is -0.116. The van der Waals surface area contributed by atoms with E-state index < -0.39 is 15.9 Å². The number of carbonyl (C=O) groups excluding carboxylic acids is 1. The zero-order chi connectivity index (χ0) is 20.4. The maximum atomic E-state index is 13.2. The number of ether oxygens (including phenoxy) is 2. The Bertz CT molecular complexity index is 888. The molecular weight excluding hydrogens is 368 g/mol. The normalized spacial score (nSPS) is 15.4. The second kappa shape index (κ2) is 8.04. The third-order valence-electron chi connectivity index (χ3n) is 4.24. The SMILES string of the molecule is C=CCN1c2cc(OC)c(OC)cc2C(C)=C(C(=O)NCC(C)C)S1(=O)=O. The van der Waals surface area contributed by atoms with Crippen molar-refractivity contribution in [3.05, 3.63) is 35.3 Å². The standard InChI is InChI=1S/C19H26N2O5S/c1-7-8-21-15-10-17(26-6)16(25-5)9-14(15)13(4)18(27(21,23)24)19(22)20-11-12(2)3/h7,9-10,12H,1,8,11H2,2-6H3,(H,20,22). The van der Waals surface area contributed by atoms with Gasteiger partial charge in [-0.15, -0.1) is 6.58 Å². The van der Waals surface area contributed by atoms with E-state index in [-0.39, 0.29) is 17.4 Å². The van der Waals surface area contributed by atoms with Gasteiger partial charge in [0.25, 0.3) is 15.9 Å². The molecule has 0 atom stereocenters. The summed E-state index contributed by atoms with van der Waals surface area (Å²) in [6.07, 6.45) is 1.47. The third kappa shape index (κ3) is 3.80. The largest absolute Gasteiger partial charge is 0.493 e. The number of hydrogen-bond donors (Lipinski definition) is 1. The summed E-state index contributed by atoms with van der Waals surface area (Å²) in [5.74, 6) is 0.439. The van der Waals surface area contributed by atoms with Crippen LogP contribution >= 0.6 is 0 Å². The highest BCUT2D eigenvalue weighted by Crippen LogP contribution is 2.44. The van der Waals surface area contributed by atoms with Gasteiger partial charge in [0.15, 0.2) is 16.4 Å². The molecule has 27 heavy (non-hydrogen) atoms. The number of rotatable bonds is 7. The molecule has 1 heterocycles. The number of benzene rings is 1. The van der Waals surface area contributed by atoms with Gasteiger partial charge >= 0.3 is 0 Å². The molecular formula is C19H26N2O5S. The smallest absolute Gasteiger partial charge is 0.270 e. The van der Waals surface area contributed by atoms with Crippen LogP contribution < -0.4 is 19.1 Å². The fourth-order valence-corrected chi connectivity index (χ4v) is 4.64. The molecule has 1 N–H and O–H groups in total. The fraction of sp³-hybridized carbons (Fsp3) is 0.421. The zero-order valence-corrected chi connectivity index (χ0v) is 17.1. The van der Waals surface area contributed by atoms with Crippen LogP contribution in [0.4, 0.5) is 5.69 Å². The number of anilines is 1. The van der Waals surface area contributed by atoms with Crippen molar-refractivity contribution >= 4 is 27.2 Å². The Morgan fingerprint density at radius 2 is 1.85 bits per heavy atom. The fourth-order valence-electron chi connectivity index (χ4n) is 2.91. The maximum Gasteiger partial charge on any atom is 0.270 e. The van der Waals surface area contributed by atoms with Crippen molar-refractivity contribution < 1.29 is 22.7 Å². The molecule has 0 unspecified atom stereocenters. The molecule has 0 fully saturated rings. The van der Waals surface area contributed by atoms with Gasteiger partial charge in [0, 0.05) is 18.2 Å². The summed E-state index contributed by atoms with van der Waals surface area (Å²) in [6.45, 7) is 9.55. The van der Waals surface area contributed by atoms with Crippen LogP contribution in [0.3, 0.4) is 0 Å². The summed E-state index contributed by atoms with van der Waals surface area (Å²) in [6, 6.07) is 3.28. The van der Waals surface area contributed by atoms with Crippen molar-refractivity contribution in [2.75, 3.05) is 31.6 Å². The molecule has 0 spiro atoms. The van der Waals surface area contributed by atoms with Crippen LogP contribution in [-0.4, -0.2) is 41.6 Å². The first kappa shape index (κ1) is 20.8. The van der Waals surface area contributed by atoms with E-state index in [1.165, 1.54) is 20.3 Å². The minimum absolute atomic E-state index is 0.0268. The average Bonchev–Trinajstić information content (AvgIpc) is 2.62. The van der Waals surface area contributed by atoms with Crippen LogP contribution in [0, 0.1) is 5.92 Å². The van der Waals surface area contributed by atoms with Crippen molar-refractivity contribution in [2.45, 2.75) is 20.8 Å². The van der Waals surface area contributed by atoms with Crippen molar-refractivity contribution in [2.24, 2.45) is 5.92 Å². The zero-order valence-electron chi connectivity index (χ0n) is 16.3. The Morgan fingerprint density at radius 1 is 1.26 bits per heavy atom. The predicted molar refractivity (Wildman–Crippen MR) is 106 cm³/mol. The van der Waals surface area contributed by atoms with E-state index in [4.69, 9.17) is 9.47 Å². The predicted octanol–water partition coefficient (Wildman–Crippen LogP) is 2.54. The summed E-state index contributed by atoms with van der Waals surface area (Å²) < 4.78 is 38.2. The second-order valence-corrected chi connectivity index (χ2v) is 8.41. The lowest BCUT2D eigenvalue weighted by atomic mass is 10.0. The monoisotopic (exact) mass is 394 g/mol. The van der Waals surface area contributed by atoms with Gasteiger partial charge in [-0.1, -0.05) is 19.9 Å². The number of methoxy groups -OCH3 is 2. The summed E-state index contributed by atoms with van der Waals surface area (Å²) in [4.78, 5) is 12.4. The Kier molecular flexibility index (Phi) is 6.20. The van der Waals surface area contributed by atoms with E-state index in [0.717, 1.165) is 4.31 Å². The maximum absolute atomic E-state index is 13.2. The van der Waals surface area contributed by atoms with Gasteiger partial charge in [-0.05, 0) is 24.5 Å². The number of carbonyl (C=O) groups is 1. The first-order chi connectivity index (χ1) is 12.7. The minimum atomic E-state index is -4.05. The third-order valence-corrected chi connectivity index (χ3v) is 6.17. The minimum Gasteiger partial charge on any atom is -0.493 e. The van der Waals surface area contributed by atoms with E-state index in [9.17, 15) is 13.2 Å². The summed E-state index contributed by atoms with van der Waals surface area (Å²) in [7, 11) is -1.07. The molecule has 7 nitrogen and oxygen atoms in total. The van der Waals surface area contributed by atoms with Crippen molar-refractivity contribution in [3.63, 3.8) is 0 Å². The van der Waals surface area contributed by atoms with E-state index in [1.54, 1.807) is 19.1 Å².